The molecule has 6 heteroatoms. The molecule has 2 aromatic rings. The predicted molar refractivity (Wildman–Crippen MR) is 112 cm³/mol. The van der Waals surface area contributed by atoms with E-state index in [0.717, 1.165) is 28.1 Å². The summed E-state index contributed by atoms with van der Waals surface area (Å²) in [5, 5.41) is 3.09. The largest absolute Gasteiger partial charge is 0.326 e. The highest BCUT2D eigenvalue weighted by Gasteiger charge is 2.37. The Bertz CT molecular complexity index is 923. The van der Waals surface area contributed by atoms with Gasteiger partial charge in [-0.2, -0.15) is 0 Å². The molecule has 140 valence electrons. The van der Waals surface area contributed by atoms with Gasteiger partial charge in [-0.05, 0) is 49.6 Å². The third-order valence-corrected chi connectivity index (χ3v) is 5.95. The second-order valence-corrected chi connectivity index (χ2v) is 7.85. The van der Waals surface area contributed by atoms with Crippen molar-refractivity contribution in [2.45, 2.75) is 32.4 Å². The number of carbonyl (C=O) groups is 2. The first kappa shape index (κ1) is 19.2. The highest BCUT2D eigenvalue weighted by molar-refractivity contribution is 8.15. The number of nitrogens with zero attached hydrogens (tertiary/aromatic N) is 2. The molecule has 1 unspecified atom stereocenters. The van der Waals surface area contributed by atoms with Gasteiger partial charge in [0.2, 0.25) is 11.8 Å². The van der Waals surface area contributed by atoms with Crippen LogP contribution in [0, 0.1) is 20.8 Å². The summed E-state index contributed by atoms with van der Waals surface area (Å²) in [5.74, 6) is -0.261. The van der Waals surface area contributed by atoms with Gasteiger partial charge in [0.15, 0.2) is 5.17 Å². The maximum absolute atomic E-state index is 12.5. The fourth-order valence-corrected chi connectivity index (χ4v) is 3.99. The molecular weight excluding hydrogens is 358 g/mol. The first-order valence-electron chi connectivity index (χ1n) is 8.81. The van der Waals surface area contributed by atoms with Crippen LogP contribution >= 0.6 is 11.8 Å². The van der Waals surface area contributed by atoms with Gasteiger partial charge < -0.3 is 5.32 Å². The molecule has 0 aliphatic carbocycles. The summed E-state index contributed by atoms with van der Waals surface area (Å²) in [7, 11) is 1.70. The number of aryl methyl sites for hydroxylation is 2. The quantitative estimate of drug-likeness (QED) is 0.863. The van der Waals surface area contributed by atoms with Gasteiger partial charge in [-0.25, -0.2) is 4.99 Å². The van der Waals surface area contributed by atoms with E-state index in [2.05, 4.69) is 10.3 Å². The first-order chi connectivity index (χ1) is 12.9. The Balaban J connectivity index is 1.71. The number of rotatable bonds is 4. The minimum absolute atomic E-state index is 0.0940. The Morgan fingerprint density at radius 2 is 1.81 bits per heavy atom. The van der Waals surface area contributed by atoms with Crippen LogP contribution in [0.4, 0.5) is 11.4 Å². The van der Waals surface area contributed by atoms with Gasteiger partial charge in [0.1, 0.15) is 5.25 Å². The SMILES string of the molecule is Cc1ccccc1N=C1SC(CC(=O)Nc2cccc(C)c2C)C(=O)N1C. The summed E-state index contributed by atoms with van der Waals surface area (Å²) in [6.45, 7) is 5.96. The number of carbonyl (C=O) groups excluding carboxylic acids is 2. The van der Waals surface area contributed by atoms with E-state index < -0.39 is 5.25 Å². The Morgan fingerprint density at radius 1 is 1.11 bits per heavy atom. The maximum atomic E-state index is 12.5. The zero-order valence-electron chi connectivity index (χ0n) is 15.9. The second-order valence-electron chi connectivity index (χ2n) is 6.68. The number of nitrogens with one attached hydrogen (secondary N) is 1. The molecule has 1 saturated heterocycles. The van der Waals surface area contributed by atoms with Gasteiger partial charge >= 0.3 is 0 Å². The average molecular weight is 382 g/mol. The van der Waals surface area contributed by atoms with E-state index in [-0.39, 0.29) is 18.2 Å². The zero-order chi connectivity index (χ0) is 19.6. The van der Waals surface area contributed by atoms with Crippen molar-refractivity contribution < 1.29 is 9.59 Å². The fraction of sp³-hybridized carbons (Fsp3) is 0.286. The zero-order valence-corrected chi connectivity index (χ0v) is 16.8. The topological polar surface area (TPSA) is 61.8 Å². The Hall–Kier alpha value is -2.60. The summed E-state index contributed by atoms with van der Waals surface area (Å²) in [5.41, 5.74) is 4.82. The number of aliphatic imine (C=N–C) groups is 1. The fourth-order valence-electron chi connectivity index (χ4n) is 2.85. The lowest BCUT2D eigenvalue weighted by molar-refractivity contribution is -0.127. The van der Waals surface area contributed by atoms with Gasteiger partial charge in [0.25, 0.3) is 0 Å². The van der Waals surface area contributed by atoms with Crippen molar-refractivity contribution in [2.75, 3.05) is 12.4 Å². The number of anilines is 1. The van der Waals surface area contributed by atoms with Crippen molar-refractivity contribution in [1.29, 1.82) is 0 Å². The molecule has 2 amide bonds. The summed E-state index contributed by atoms with van der Waals surface area (Å²) in [6, 6.07) is 13.6. The van der Waals surface area contributed by atoms with Crippen molar-refractivity contribution in [3.63, 3.8) is 0 Å². The average Bonchev–Trinajstić information content (AvgIpc) is 2.89. The molecule has 1 aliphatic heterocycles. The van der Waals surface area contributed by atoms with E-state index in [9.17, 15) is 9.59 Å². The number of para-hydroxylation sites is 1. The molecule has 1 fully saturated rings. The van der Waals surface area contributed by atoms with E-state index >= 15 is 0 Å². The highest BCUT2D eigenvalue weighted by atomic mass is 32.2. The number of thioether (sulfide) groups is 1. The van der Waals surface area contributed by atoms with Crippen LogP contribution in [0.5, 0.6) is 0 Å². The summed E-state index contributed by atoms with van der Waals surface area (Å²) in [4.78, 5) is 31.2. The molecule has 0 saturated carbocycles. The highest BCUT2D eigenvalue weighted by Crippen LogP contribution is 2.31. The van der Waals surface area contributed by atoms with Crippen molar-refractivity contribution in [3.05, 3.63) is 59.2 Å². The molecule has 5 nitrogen and oxygen atoms in total. The number of benzene rings is 2. The molecule has 1 aliphatic rings. The Kier molecular flexibility index (Phi) is 5.65. The lowest BCUT2D eigenvalue weighted by atomic mass is 10.1. The van der Waals surface area contributed by atoms with Crippen molar-refractivity contribution in [1.82, 2.24) is 4.90 Å². The normalized spacial score (nSPS) is 18.2. The van der Waals surface area contributed by atoms with Gasteiger partial charge in [0.05, 0.1) is 5.69 Å². The first-order valence-corrected chi connectivity index (χ1v) is 9.69. The van der Waals surface area contributed by atoms with Crippen LogP contribution in [0.2, 0.25) is 0 Å². The lowest BCUT2D eigenvalue weighted by Crippen LogP contribution is -2.30. The van der Waals surface area contributed by atoms with Gasteiger partial charge in [0, 0.05) is 19.2 Å². The van der Waals surface area contributed by atoms with E-state index in [1.165, 1.54) is 16.7 Å². The molecule has 0 spiro atoms. The van der Waals surface area contributed by atoms with Crippen LogP contribution in [0.15, 0.2) is 47.5 Å². The summed E-state index contributed by atoms with van der Waals surface area (Å²) < 4.78 is 0. The minimum Gasteiger partial charge on any atom is -0.326 e. The second kappa shape index (κ2) is 7.96. The molecule has 1 atom stereocenters. The lowest BCUT2D eigenvalue weighted by Gasteiger charge is -2.12. The smallest absolute Gasteiger partial charge is 0.242 e. The van der Waals surface area contributed by atoms with Crippen molar-refractivity contribution >= 4 is 40.1 Å². The van der Waals surface area contributed by atoms with E-state index in [4.69, 9.17) is 0 Å². The summed E-state index contributed by atoms with van der Waals surface area (Å²) in [6.07, 6.45) is 0.119. The van der Waals surface area contributed by atoms with Crippen LogP contribution in [0.3, 0.4) is 0 Å². The van der Waals surface area contributed by atoms with Gasteiger partial charge in [-0.15, -0.1) is 0 Å². The Labute approximate surface area is 163 Å². The Morgan fingerprint density at radius 3 is 2.56 bits per heavy atom. The van der Waals surface area contributed by atoms with E-state index in [0.29, 0.717) is 5.17 Å². The number of hydrogen-bond acceptors (Lipinski definition) is 4. The van der Waals surface area contributed by atoms with Crippen molar-refractivity contribution in [2.24, 2.45) is 4.99 Å². The summed E-state index contributed by atoms with van der Waals surface area (Å²) >= 11 is 1.34. The molecular formula is C21H23N3O2S. The van der Waals surface area contributed by atoms with Crippen LogP contribution < -0.4 is 5.32 Å². The van der Waals surface area contributed by atoms with Crippen LogP contribution in [0.1, 0.15) is 23.1 Å². The molecule has 1 heterocycles. The molecule has 0 radical (unpaired) electrons. The van der Waals surface area contributed by atoms with E-state index in [1.54, 1.807) is 7.05 Å². The molecule has 0 aromatic heterocycles. The monoisotopic (exact) mass is 381 g/mol. The number of amidine groups is 1. The molecule has 27 heavy (non-hydrogen) atoms. The molecule has 1 N–H and O–H groups in total. The maximum Gasteiger partial charge on any atom is 0.242 e. The third kappa shape index (κ3) is 4.22. The van der Waals surface area contributed by atoms with Crippen LogP contribution in [-0.4, -0.2) is 34.2 Å². The molecule has 3 rings (SSSR count). The minimum atomic E-state index is -0.456. The molecule has 0 bridgehead atoms. The third-order valence-electron chi connectivity index (χ3n) is 4.72. The number of amides is 2. The van der Waals surface area contributed by atoms with Crippen LogP contribution in [0.25, 0.3) is 0 Å². The van der Waals surface area contributed by atoms with E-state index in [1.807, 2.05) is 63.2 Å². The number of hydrogen-bond donors (Lipinski definition) is 1. The van der Waals surface area contributed by atoms with Gasteiger partial charge in [-0.3, -0.25) is 14.5 Å². The van der Waals surface area contributed by atoms with Crippen LogP contribution in [-0.2, 0) is 9.59 Å². The van der Waals surface area contributed by atoms with Gasteiger partial charge in [-0.1, -0.05) is 42.1 Å². The standard InChI is InChI=1S/C21H23N3O2S/c1-13-9-7-11-17(15(13)3)22-19(25)12-18-20(26)24(4)21(27-18)23-16-10-6-5-8-14(16)2/h5-11,18H,12H2,1-4H3,(H,22,25). The van der Waals surface area contributed by atoms with Crippen molar-refractivity contribution in [3.8, 4) is 0 Å². The molecule has 2 aromatic carbocycles. The predicted octanol–water partition coefficient (Wildman–Crippen LogP) is 4.20.